The quantitative estimate of drug-likeness (QED) is 0.301. The molecule has 0 aliphatic rings. The Labute approximate surface area is 209 Å². The van der Waals surface area contributed by atoms with Crippen LogP contribution in [0.2, 0.25) is 0 Å². The fourth-order valence-corrected chi connectivity index (χ4v) is 4.73. The number of benzene rings is 2. The van der Waals surface area contributed by atoms with Gasteiger partial charge in [0.15, 0.2) is 0 Å². The molecule has 0 saturated heterocycles. The number of hydrogen-bond acceptors (Lipinski definition) is 3. The zero-order valence-corrected chi connectivity index (χ0v) is 21.9. The summed E-state index contributed by atoms with van der Waals surface area (Å²) in [7, 11) is 0. The van der Waals surface area contributed by atoms with E-state index in [4.69, 9.17) is 0 Å². The summed E-state index contributed by atoms with van der Waals surface area (Å²) in [5, 5.41) is 0. The minimum Gasteiger partial charge on any atom is -0.332 e. The molecular weight excluding hydrogens is 496 g/mol. The lowest BCUT2D eigenvalue weighted by molar-refractivity contribution is -0.133. The number of carbonyl (C=O) groups excluding carboxylic acids is 2. The molecule has 0 radical (unpaired) electrons. The predicted octanol–water partition coefficient (Wildman–Crippen LogP) is 6.54. The zero-order valence-electron chi connectivity index (χ0n) is 19.5. The molecule has 2 amide bonds. The van der Waals surface area contributed by atoms with Crippen LogP contribution in [-0.2, 0) is 17.9 Å². The maximum absolute atomic E-state index is 13.6. The van der Waals surface area contributed by atoms with Crippen LogP contribution in [0.5, 0.6) is 0 Å². The lowest BCUT2D eigenvalue weighted by Gasteiger charge is -2.29. The Morgan fingerprint density at radius 2 is 1.64 bits per heavy atom. The Morgan fingerprint density at radius 3 is 2.24 bits per heavy atom. The zero-order chi connectivity index (χ0) is 23.8. The van der Waals surface area contributed by atoms with Gasteiger partial charge in [0.25, 0.3) is 5.91 Å². The van der Waals surface area contributed by atoms with Gasteiger partial charge in [0.1, 0.15) is 6.54 Å². The first-order valence-electron chi connectivity index (χ1n) is 11.3. The molecule has 1 aromatic heterocycles. The van der Waals surface area contributed by atoms with Crippen molar-refractivity contribution in [3.8, 4) is 0 Å². The van der Waals surface area contributed by atoms with Crippen molar-refractivity contribution < 1.29 is 9.59 Å². The van der Waals surface area contributed by atoms with Gasteiger partial charge in [-0.3, -0.25) is 9.59 Å². The van der Waals surface area contributed by atoms with E-state index in [9.17, 15) is 9.59 Å². The average molecular weight is 528 g/mol. The standard InChI is InChI=1S/C27H31BrN2O2S/c1-4-20(2)16-30(27(32)23-11-13-24(28)14-12-23)19-26(31)29(17-22-8-6-5-7-9-22)18-25-15-10-21(3)33-25/h5-15,20H,4,16-19H2,1-3H3/t20-/m0/s1. The first-order chi connectivity index (χ1) is 15.9. The SMILES string of the molecule is CC[C@H](C)CN(CC(=O)N(Cc1ccccc1)Cc1ccc(C)s1)C(=O)c1ccc(Br)cc1. The number of carbonyl (C=O) groups is 2. The number of aryl methyl sites for hydroxylation is 1. The molecule has 0 aliphatic carbocycles. The summed E-state index contributed by atoms with van der Waals surface area (Å²) in [6.45, 7) is 7.96. The van der Waals surface area contributed by atoms with Crippen LogP contribution in [0.15, 0.2) is 71.2 Å². The Hall–Kier alpha value is -2.44. The van der Waals surface area contributed by atoms with E-state index in [1.165, 1.54) is 4.88 Å². The van der Waals surface area contributed by atoms with Gasteiger partial charge in [-0.15, -0.1) is 11.3 Å². The van der Waals surface area contributed by atoms with E-state index < -0.39 is 0 Å². The molecule has 0 bridgehead atoms. The molecule has 33 heavy (non-hydrogen) atoms. The minimum atomic E-state index is -0.109. The highest BCUT2D eigenvalue weighted by molar-refractivity contribution is 9.10. The molecular formula is C27H31BrN2O2S. The van der Waals surface area contributed by atoms with Gasteiger partial charge in [0.05, 0.1) is 6.54 Å². The van der Waals surface area contributed by atoms with Crippen molar-refractivity contribution in [2.24, 2.45) is 5.92 Å². The van der Waals surface area contributed by atoms with Crippen molar-refractivity contribution in [3.63, 3.8) is 0 Å². The van der Waals surface area contributed by atoms with Gasteiger partial charge in [-0.05, 0) is 54.8 Å². The average Bonchev–Trinajstić information content (AvgIpc) is 3.23. The number of nitrogens with zero attached hydrogens (tertiary/aromatic N) is 2. The fourth-order valence-electron chi connectivity index (χ4n) is 3.56. The van der Waals surface area contributed by atoms with Gasteiger partial charge in [0, 0.05) is 32.9 Å². The van der Waals surface area contributed by atoms with E-state index >= 15 is 0 Å². The first-order valence-corrected chi connectivity index (χ1v) is 12.9. The van der Waals surface area contributed by atoms with Gasteiger partial charge < -0.3 is 9.80 Å². The summed E-state index contributed by atoms with van der Waals surface area (Å²) in [6, 6.07) is 21.5. The highest BCUT2D eigenvalue weighted by Crippen LogP contribution is 2.20. The third-order valence-electron chi connectivity index (χ3n) is 5.65. The topological polar surface area (TPSA) is 40.6 Å². The molecule has 6 heteroatoms. The maximum atomic E-state index is 13.6. The van der Waals surface area contributed by atoms with Gasteiger partial charge in [-0.2, -0.15) is 0 Å². The number of halogens is 1. The maximum Gasteiger partial charge on any atom is 0.254 e. The van der Waals surface area contributed by atoms with E-state index in [1.807, 2.05) is 47.4 Å². The largest absolute Gasteiger partial charge is 0.332 e. The van der Waals surface area contributed by atoms with E-state index in [2.05, 4.69) is 48.8 Å². The predicted molar refractivity (Wildman–Crippen MR) is 139 cm³/mol. The number of amides is 2. The minimum absolute atomic E-state index is 0.0429. The van der Waals surface area contributed by atoms with Crippen molar-refractivity contribution in [1.29, 1.82) is 0 Å². The summed E-state index contributed by atoms with van der Waals surface area (Å²) in [6.07, 6.45) is 0.945. The third kappa shape index (κ3) is 7.54. The molecule has 4 nitrogen and oxygen atoms in total. The normalized spacial score (nSPS) is 11.8. The van der Waals surface area contributed by atoms with Crippen molar-refractivity contribution >= 4 is 39.1 Å². The Kier molecular flexibility index (Phi) is 9.27. The van der Waals surface area contributed by atoms with Crippen molar-refractivity contribution in [3.05, 3.63) is 92.1 Å². The molecule has 0 saturated carbocycles. The lowest BCUT2D eigenvalue weighted by Crippen LogP contribution is -2.44. The van der Waals surface area contributed by atoms with Crippen molar-refractivity contribution in [2.75, 3.05) is 13.1 Å². The Bertz CT molecular complexity index is 1050. The Morgan fingerprint density at radius 1 is 0.939 bits per heavy atom. The summed E-state index contributed by atoms with van der Waals surface area (Å²) in [5.74, 6) is 0.154. The van der Waals surface area contributed by atoms with Gasteiger partial charge in [0.2, 0.25) is 5.91 Å². The van der Waals surface area contributed by atoms with Crippen LogP contribution in [-0.4, -0.2) is 34.7 Å². The van der Waals surface area contributed by atoms with Gasteiger partial charge in [-0.1, -0.05) is 66.5 Å². The molecule has 1 atom stereocenters. The van der Waals surface area contributed by atoms with Crippen LogP contribution in [0.3, 0.4) is 0 Å². The highest BCUT2D eigenvalue weighted by Gasteiger charge is 2.24. The van der Waals surface area contributed by atoms with Crippen LogP contribution >= 0.6 is 27.3 Å². The third-order valence-corrected chi connectivity index (χ3v) is 7.16. The second kappa shape index (κ2) is 12.1. The van der Waals surface area contributed by atoms with Crippen LogP contribution < -0.4 is 0 Å². The molecule has 0 N–H and O–H groups in total. The molecule has 0 spiro atoms. The smallest absolute Gasteiger partial charge is 0.254 e. The number of hydrogen-bond donors (Lipinski definition) is 0. The molecule has 0 fully saturated rings. The van der Waals surface area contributed by atoms with Gasteiger partial charge >= 0.3 is 0 Å². The second-order valence-corrected chi connectivity index (χ2v) is 10.7. The summed E-state index contributed by atoms with van der Waals surface area (Å²) < 4.78 is 0.920. The van der Waals surface area contributed by atoms with E-state index in [0.717, 1.165) is 21.3 Å². The Balaban J connectivity index is 1.82. The molecule has 3 aromatic rings. The molecule has 1 heterocycles. The van der Waals surface area contributed by atoms with Crippen molar-refractivity contribution in [2.45, 2.75) is 40.3 Å². The van der Waals surface area contributed by atoms with E-state index in [1.54, 1.807) is 28.4 Å². The van der Waals surface area contributed by atoms with E-state index in [0.29, 0.717) is 31.1 Å². The van der Waals surface area contributed by atoms with Crippen LogP contribution in [0.25, 0.3) is 0 Å². The lowest BCUT2D eigenvalue weighted by atomic mass is 10.1. The van der Waals surface area contributed by atoms with Crippen LogP contribution in [0.1, 0.15) is 45.9 Å². The summed E-state index contributed by atoms with van der Waals surface area (Å²) >= 11 is 5.13. The summed E-state index contributed by atoms with van der Waals surface area (Å²) in [4.78, 5) is 32.8. The van der Waals surface area contributed by atoms with Crippen LogP contribution in [0.4, 0.5) is 0 Å². The number of rotatable bonds is 10. The summed E-state index contributed by atoms with van der Waals surface area (Å²) in [5.41, 5.74) is 1.67. The molecule has 0 unspecified atom stereocenters. The van der Waals surface area contributed by atoms with Crippen LogP contribution in [0, 0.1) is 12.8 Å². The monoisotopic (exact) mass is 526 g/mol. The molecule has 0 aliphatic heterocycles. The van der Waals surface area contributed by atoms with Crippen molar-refractivity contribution in [1.82, 2.24) is 9.80 Å². The first kappa shape index (κ1) is 25.2. The van der Waals surface area contributed by atoms with Gasteiger partial charge in [-0.25, -0.2) is 0 Å². The molecule has 2 aromatic carbocycles. The second-order valence-electron chi connectivity index (χ2n) is 8.45. The number of thiophene rings is 1. The highest BCUT2D eigenvalue weighted by atomic mass is 79.9. The molecule has 3 rings (SSSR count). The van der Waals surface area contributed by atoms with E-state index in [-0.39, 0.29) is 18.4 Å². The molecule has 174 valence electrons. The fraction of sp³-hybridized carbons (Fsp3) is 0.333.